The smallest absolute Gasteiger partial charge is 0.0361 e. The molecule has 56 valence electrons. The number of aliphatic imine (C=N–C) groups is 1. The van der Waals surface area contributed by atoms with Gasteiger partial charge in [-0.1, -0.05) is 18.7 Å². The van der Waals surface area contributed by atoms with E-state index in [1.807, 2.05) is 13.0 Å². The molecule has 0 saturated carbocycles. The van der Waals surface area contributed by atoms with Crippen LogP contribution in [0.2, 0.25) is 0 Å². The van der Waals surface area contributed by atoms with Gasteiger partial charge in [-0.2, -0.15) is 0 Å². The lowest BCUT2D eigenvalue weighted by Crippen LogP contribution is -2.03. The van der Waals surface area contributed by atoms with Crippen LogP contribution >= 0.6 is 0 Å². The van der Waals surface area contributed by atoms with Crippen molar-refractivity contribution in [3.8, 4) is 0 Å². The van der Waals surface area contributed by atoms with E-state index in [-0.39, 0.29) is 0 Å². The van der Waals surface area contributed by atoms with Crippen molar-refractivity contribution in [1.29, 1.82) is 0 Å². The third-order valence-corrected chi connectivity index (χ3v) is 1.01. The van der Waals surface area contributed by atoms with Gasteiger partial charge in [0.15, 0.2) is 0 Å². The fourth-order valence-corrected chi connectivity index (χ4v) is 0.524. The molecule has 0 aromatic carbocycles. The Kier molecular flexibility index (Phi) is 5.68. The molecule has 0 amide bonds. The van der Waals surface area contributed by atoms with Crippen LogP contribution in [0, 0.1) is 0 Å². The van der Waals surface area contributed by atoms with Gasteiger partial charge in [0.1, 0.15) is 0 Å². The van der Waals surface area contributed by atoms with E-state index in [2.05, 4.69) is 11.6 Å². The molecule has 0 saturated heterocycles. The Hall–Kier alpha value is -0.890. The normalized spacial score (nSPS) is 12.4. The summed E-state index contributed by atoms with van der Waals surface area (Å²) >= 11 is 0. The number of hydrogen-bond acceptors (Lipinski definition) is 2. The minimum Gasteiger partial charge on any atom is -0.326 e. The second kappa shape index (κ2) is 6.23. The third-order valence-electron chi connectivity index (χ3n) is 1.01. The summed E-state index contributed by atoms with van der Waals surface area (Å²) in [6, 6.07) is 0. The Morgan fingerprint density at radius 2 is 2.40 bits per heavy atom. The lowest BCUT2D eigenvalue weighted by atomic mass is 10.3. The van der Waals surface area contributed by atoms with Crippen LogP contribution < -0.4 is 5.73 Å². The molecule has 0 atom stereocenters. The Balaban J connectivity index is 3.94. The maximum Gasteiger partial charge on any atom is 0.0361 e. The Morgan fingerprint density at radius 3 is 2.80 bits per heavy atom. The number of nitrogens with two attached hydrogens (primary N) is 1. The van der Waals surface area contributed by atoms with Gasteiger partial charge in [-0.25, -0.2) is 0 Å². The third kappa shape index (κ3) is 4.04. The Labute approximate surface area is 62.1 Å². The van der Waals surface area contributed by atoms with Crippen LogP contribution in [0.4, 0.5) is 0 Å². The topological polar surface area (TPSA) is 38.4 Å². The van der Waals surface area contributed by atoms with Gasteiger partial charge in [-0.15, -0.1) is 0 Å². The average molecular weight is 138 g/mol. The van der Waals surface area contributed by atoms with Gasteiger partial charge < -0.3 is 5.73 Å². The SMILES string of the molecule is C=C/C=C(\C=NCC)CN. The second-order valence-corrected chi connectivity index (χ2v) is 1.81. The minimum atomic E-state index is 0.523. The zero-order valence-electron chi connectivity index (χ0n) is 6.38. The molecule has 0 spiro atoms. The molecule has 0 bridgehead atoms. The van der Waals surface area contributed by atoms with Gasteiger partial charge in [0.25, 0.3) is 0 Å². The van der Waals surface area contributed by atoms with E-state index < -0.39 is 0 Å². The second-order valence-electron chi connectivity index (χ2n) is 1.81. The van der Waals surface area contributed by atoms with Crippen molar-refractivity contribution >= 4 is 6.21 Å². The van der Waals surface area contributed by atoms with Crippen LogP contribution in [0.25, 0.3) is 0 Å². The molecular weight excluding hydrogens is 124 g/mol. The monoisotopic (exact) mass is 138 g/mol. The fourth-order valence-electron chi connectivity index (χ4n) is 0.524. The molecule has 0 aliphatic heterocycles. The maximum absolute atomic E-state index is 5.39. The molecule has 10 heavy (non-hydrogen) atoms. The largest absolute Gasteiger partial charge is 0.326 e. The van der Waals surface area contributed by atoms with Gasteiger partial charge in [0.05, 0.1) is 0 Å². The molecule has 2 nitrogen and oxygen atoms in total. The number of allylic oxidation sites excluding steroid dienone is 2. The highest BCUT2D eigenvalue weighted by Gasteiger charge is 1.83. The molecule has 0 radical (unpaired) electrons. The van der Waals surface area contributed by atoms with Gasteiger partial charge in [0.2, 0.25) is 0 Å². The van der Waals surface area contributed by atoms with Crippen molar-refractivity contribution in [3.63, 3.8) is 0 Å². The van der Waals surface area contributed by atoms with Crippen molar-refractivity contribution < 1.29 is 0 Å². The van der Waals surface area contributed by atoms with Gasteiger partial charge in [0, 0.05) is 19.3 Å². The minimum absolute atomic E-state index is 0.523. The van der Waals surface area contributed by atoms with Crippen molar-refractivity contribution in [3.05, 3.63) is 24.3 Å². The van der Waals surface area contributed by atoms with E-state index >= 15 is 0 Å². The standard InChI is InChI=1S/C8H14N2/c1-3-5-8(6-9)7-10-4-2/h3,5,7H,1,4,6,9H2,2H3/b8-5-,10-7?. The van der Waals surface area contributed by atoms with Gasteiger partial charge in [-0.05, 0) is 12.5 Å². The molecule has 0 aromatic rings. The van der Waals surface area contributed by atoms with Crippen LogP contribution in [0.1, 0.15) is 6.92 Å². The average Bonchev–Trinajstić information content (AvgIpc) is 1.98. The summed E-state index contributed by atoms with van der Waals surface area (Å²) in [7, 11) is 0. The van der Waals surface area contributed by atoms with Crippen molar-refractivity contribution in [2.24, 2.45) is 10.7 Å². The quantitative estimate of drug-likeness (QED) is 0.459. The molecule has 0 aromatic heterocycles. The first-order chi connectivity index (χ1) is 4.85. The lowest BCUT2D eigenvalue weighted by molar-refractivity contribution is 1.13. The first-order valence-electron chi connectivity index (χ1n) is 3.36. The fraction of sp³-hybridized carbons (Fsp3) is 0.375. The zero-order valence-corrected chi connectivity index (χ0v) is 6.38. The molecule has 0 rings (SSSR count). The van der Waals surface area contributed by atoms with Crippen LogP contribution in [-0.4, -0.2) is 19.3 Å². The Morgan fingerprint density at radius 1 is 1.70 bits per heavy atom. The summed E-state index contributed by atoms with van der Waals surface area (Å²) in [6.07, 6.45) is 5.35. The first kappa shape index (κ1) is 9.11. The summed E-state index contributed by atoms with van der Waals surface area (Å²) in [5, 5.41) is 0. The van der Waals surface area contributed by atoms with Crippen molar-refractivity contribution in [2.45, 2.75) is 6.92 Å². The predicted molar refractivity (Wildman–Crippen MR) is 46.4 cm³/mol. The van der Waals surface area contributed by atoms with E-state index in [0.717, 1.165) is 12.1 Å². The molecule has 0 heterocycles. The lowest BCUT2D eigenvalue weighted by Gasteiger charge is -1.91. The number of nitrogens with zero attached hydrogens (tertiary/aromatic N) is 1. The molecule has 2 N–H and O–H groups in total. The first-order valence-corrected chi connectivity index (χ1v) is 3.36. The summed E-state index contributed by atoms with van der Waals surface area (Å²) in [5.74, 6) is 0. The maximum atomic E-state index is 5.39. The molecule has 0 fully saturated rings. The Bertz CT molecular complexity index is 145. The van der Waals surface area contributed by atoms with Gasteiger partial charge >= 0.3 is 0 Å². The van der Waals surface area contributed by atoms with Crippen LogP contribution in [-0.2, 0) is 0 Å². The summed E-state index contributed by atoms with van der Waals surface area (Å²) < 4.78 is 0. The summed E-state index contributed by atoms with van der Waals surface area (Å²) in [5.41, 5.74) is 6.40. The number of hydrogen-bond donors (Lipinski definition) is 1. The summed E-state index contributed by atoms with van der Waals surface area (Å²) in [4.78, 5) is 4.04. The highest BCUT2D eigenvalue weighted by Crippen LogP contribution is 1.86. The van der Waals surface area contributed by atoms with Gasteiger partial charge in [-0.3, -0.25) is 4.99 Å². The number of rotatable bonds is 4. The van der Waals surface area contributed by atoms with Crippen LogP contribution in [0.3, 0.4) is 0 Å². The molecule has 0 aliphatic carbocycles. The predicted octanol–water partition coefficient (Wildman–Crippen LogP) is 1.15. The van der Waals surface area contributed by atoms with E-state index in [4.69, 9.17) is 5.73 Å². The van der Waals surface area contributed by atoms with Crippen molar-refractivity contribution in [1.82, 2.24) is 0 Å². The van der Waals surface area contributed by atoms with Crippen molar-refractivity contribution in [2.75, 3.05) is 13.1 Å². The van der Waals surface area contributed by atoms with Crippen LogP contribution in [0.5, 0.6) is 0 Å². The van der Waals surface area contributed by atoms with E-state index in [1.165, 1.54) is 0 Å². The summed E-state index contributed by atoms with van der Waals surface area (Å²) in [6.45, 7) is 6.87. The zero-order chi connectivity index (χ0) is 7.82. The van der Waals surface area contributed by atoms with E-state index in [9.17, 15) is 0 Å². The highest BCUT2D eigenvalue weighted by molar-refractivity contribution is 5.79. The molecular formula is C8H14N2. The highest BCUT2D eigenvalue weighted by atomic mass is 14.7. The molecule has 0 unspecified atom stereocenters. The molecule has 0 aliphatic rings. The van der Waals surface area contributed by atoms with E-state index in [1.54, 1.807) is 12.3 Å². The molecule has 2 heteroatoms. The van der Waals surface area contributed by atoms with Crippen LogP contribution in [0.15, 0.2) is 29.3 Å². The van der Waals surface area contributed by atoms with E-state index in [0.29, 0.717) is 6.54 Å².